The maximum Gasteiger partial charge on any atom is 0.0891 e. The van der Waals surface area contributed by atoms with E-state index in [2.05, 4.69) is 71.5 Å². The summed E-state index contributed by atoms with van der Waals surface area (Å²) in [6, 6.07) is 19.3. The van der Waals surface area contributed by atoms with E-state index in [0.717, 1.165) is 23.9 Å². The summed E-state index contributed by atoms with van der Waals surface area (Å²) in [5.74, 6) is 0. The van der Waals surface area contributed by atoms with Crippen LogP contribution >= 0.6 is 0 Å². The second-order valence-corrected chi connectivity index (χ2v) is 6.04. The Balaban J connectivity index is 1.72. The first-order valence-corrected chi connectivity index (χ1v) is 7.97. The summed E-state index contributed by atoms with van der Waals surface area (Å²) in [6.45, 7) is 2.10. The highest BCUT2D eigenvalue weighted by Gasteiger charge is 2.05. The zero-order valence-electron chi connectivity index (χ0n) is 13.2. The molecule has 0 aliphatic rings. The molecular formula is C21H18N2. The lowest BCUT2D eigenvalue weighted by Gasteiger charge is -2.07. The Hall–Kier alpha value is -2.74. The smallest absolute Gasteiger partial charge is 0.0891 e. The molecule has 2 aromatic carbocycles. The number of hydrogen-bond donors (Lipinski definition) is 0. The van der Waals surface area contributed by atoms with Crippen LogP contribution in [-0.4, -0.2) is 9.97 Å². The molecule has 0 saturated heterocycles. The third-order valence-corrected chi connectivity index (χ3v) is 4.29. The molecule has 0 fully saturated rings. The van der Waals surface area contributed by atoms with Gasteiger partial charge in [0.05, 0.1) is 17.2 Å². The van der Waals surface area contributed by atoms with Gasteiger partial charge in [-0.05, 0) is 48.6 Å². The van der Waals surface area contributed by atoms with Gasteiger partial charge >= 0.3 is 0 Å². The van der Waals surface area contributed by atoms with Crippen molar-refractivity contribution in [2.45, 2.75) is 19.8 Å². The summed E-state index contributed by atoms with van der Waals surface area (Å²) >= 11 is 0. The average molecular weight is 298 g/mol. The van der Waals surface area contributed by atoms with Crippen LogP contribution in [0, 0.1) is 6.92 Å². The molecule has 2 heterocycles. The highest BCUT2D eigenvalue weighted by molar-refractivity contribution is 6.04. The number of aromatic nitrogens is 2. The summed E-state index contributed by atoms with van der Waals surface area (Å²) in [4.78, 5) is 9.13. The lowest BCUT2D eigenvalue weighted by Crippen LogP contribution is -1.93. The van der Waals surface area contributed by atoms with Crippen LogP contribution in [-0.2, 0) is 12.8 Å². The Bertz CT molecular complexity index is 975. The first-order chi connectivity index (χ1) is 11.3. The number of hydrogen-bond acceptors (Lipinski definition) is 2. The SMILES string of the molecule is Cc1ccc2c(c1)ncc1ncc(CCc3ccccc3)cc12. The molecule has 0 radical (unpaired) electrons. The predicted octanol–water partition coefficient (Wildman–Crippen LogP) is 4.88. The van der Waals surface area contributed by atoms with E-state index in [0.29, 0.717) is 0 Å². The summed E-state index contributed by atoms with van der Waals surface area (Å²) in [7, 11) is 0. The van der Waals surface area contributed by atoms with Crippen LogP contribution < -0.4 is 0 Å². The minimum Gasteiger partial charge on any atom is -0.254 e. The van der Waals surface area contributed by atoms with Gasteiger partial charge in [0.1, 0.15) is 0 Å². The van der Waals surface area contributed by atoms with Crippen molar-refractivity contribution < 1.29 is 0 Å². The summed E-state index contributed by atoms with van der Waals surface area (Å²) < 4.78 is 0. The number of nitrogens with zero attached hydrogens (tertiary/aromatic N) is 2. The molecule has 4 aromatic rings. The molecule has 4 rings (SSSR count). The quantitative estimate of drug-likeness (QED) is 0.504. The number of pyridine rings is 2. The first kappa shape index (κ1) is 13.9. The number of rotatable bonds is 3. The van der Waals surface area contributed by atoms with Gasteiger partial charge in [-0.3, -0.25) is 9.97 Å². The van der Waals surface area contributed by atoms with E-state index in [9.17, 15) is 0 Å². The van der Waals surface area contributed by atoms with Crippen LogP contribution in [0.1, 0.15) is 16.7 Å². The molecule has 0 spiro atoms. The molecule has 0 amide bonds. The Kier molecular flexibility index (Phi) is 3.51. The van der Waals surface area contributed by atoms with Crippen molar-refractivity contribution in [1.82, 2.24) is 9.97 Å². The summed E-state index contributed by atoms with van der Waals surface area (Å²) in [6.07, 6.45) is 5.89. The molecule has 0 bridgehead atoms. The van der Waals surface area contributed by atoms with Crippen molar-refractivity contribution in [3.8, 4) is 0 Å². The molecule has 0 atom stereocenters. The maximum atomic E-state index is 4.60. The Morgan fingerprint density at radius 1 is 0.696 bits per heavy atom. The van der Waals surface area contributed by atoms with Gasteiger partial charge in [-0.15, -0.1) is 0 Å². The van der Waals surface area contributed by atoms with Crippen LogP contribution in [0.3, 0.4) is 0 Å². The minimum absolute atomic E-state index is 0.963. The van der Waals surface area contributed by atoms with Crippen LogP contribution in [0.4, 0.5) is 0 Å². The van der Waals surface area contributed by atoms with Gasteiger partial charge in [0.25, 0.3) is 0 Å². The van der Waals surface area contributed by atoms with E-state index in [-0.39, 0.29) is 0 Å². The predicted molar refractivity (Wildman–Crippen MR) is 95.6 cm³/mol. The second kappa shape index (κ2) is 5.81. The normalized spacial score (nSPS) is 11.2. The molecule has 0 unspecified atom stereocenters. The average Bonchev–Trinajstić information content (AvgIpc) is 2.60. The standard InChI is InChI=1S/C21H18N2/c1-15-7-10-18-19-12-17(9-8-16-5-3-2-4-6-16)13-22-21(19)14-23-20(18)11-15/h2-7,10-14H,8-9H2,1H3. The Morgan fingerprint density at radius 3 is 2.35 bits per heavy atom. The van der Waals surface area contributed by atoms with E-state index in [4.69, 9.17) is 0 Å². The first-order valence-electron chi connectivity index (χ1n) is 7.97. The monoisotopic (exact) mass is 298 g/mol. The van der Waals surface area contributed by atoms with Crippen molar-refractivity contribution in [1.29, 1.82) is 0 Å². The highest BCUT2D eigenvalue weighted by Crippen LogP contribution is 2.24. The molecule has 0 aliphatic carbocycles. The van der Waals surface area contributed by atoms with Crippen molar-refractivity contribution in [2.24, 2.45) is 0 Å². The van der Waals surface area contributed by atoms with Crippen molar-refractivity contribution in [2.75, 3.05) is 0 Å². The summed E-state index contributed by atoms with van der Waals surface area (Å²) in [5, 5.41) is 2.38. The van der Waals surface area contributed by atoms with Crippen LogP contribution in [0.5, 0.6) is 0 Å². The van der Waals surface area contributed by atoms with Gasteiger partial charge in [0.15, 0.2) is 0 Å². The third-order valence-electron chi connectivity index (χ3n) is 4.29. The fourth-order valence-corrected chi connectivity index (χ4v) is 3.01. The van der Waals surface area contributed by atoms with Gasteiger partial charge in [-0.25, -0.2) is 0 Å². The van der Waals surface area contributed by atoms with Gasteiger partial charge < -0.3 is 0 Å². The summed E-state index contributed by atoms with van der Waals surface area (Å²) in [5.41, 5.74) is 5.87. The second-order valence-electron chi connectivity index (χ2n) is 6.04. The topological polar surface area (TPSA) is 25.8 Å². The maximum absolute atomic E-state index is 4.60. The van der Waals surface area contributed by atoms with Crippen LogP contribution in [0.15, 0.2) is 67.0 Å². The van der Waals surface area contributed by atoms with E-state index in [1.165, 1.54) is 27.5 Å². The molecule has 2 aromatic heterocycles. The van der Waals surface area contributed by atoms with E-state index in [1.807, 2.05) is 12.4 Å². The van der Waals surface area contributed by atoms with E-state index in [1.54, 1.807) is 0 Å². The van der Waals surface area contributed by atoms with E-state index >= 15 is 0 Å². The van der Waals surface area contributed by atoms with Gasteiger partial charge in [-0.1, -0.05) is 42.5 Å². The zero-order chi connectivity index (χ0) is 15.6. The number of aryl methyl sites for hydroxylation is 3. The lowest BCUT2D eigenvalue weighted by molar-refractivity contribution is 0.955. The van der Waals surface area contributed by atoms with Gasteiger partial charge in [0, 0.05) is 17.0 Å². The number of fused-ring (bicyclic) bond motifs is 3. The van der Waals surface area contributed by atoms with Crippen LogP contribution in [0.25, 0.3) is 21.8 Å². The molecule has 2 heteroatoms. The van der Waals surface area contributed by atoms with Crippen LogP contribution in [0.2, 0.25) is 0 Å². The minimum atomic E-state index is 0.963. The third kappa shape index (κ3) is 2.80. The van der Waals surface area contributed by atoms with Crippen molar-refractivity contribution in [3.05, 3.63) is 83.7 Å². The van der Waals surface area contributed by atoms with Crippen molar-refractivity contribution in [3.63, 3.8) is 0 Å². The molecule has 112 valence electrons. The Morgan fingerprint density at radius 2 is 1.48 bits per heavy atom. The van der Waals surface area contributed by atoms with Gasteiger partial charge in [0.2, 0.25) is 0 Å². The number of benzene rings is 2. The molecule has 23 heavy (non-hydrogen) atoms. The Labute approximate surface area is 135 Å². The largest absolute Gasteiger partial charge is 0.254 e. The fraction of sp³-hybridized carbons (Fsp3) is 0.143. The molecular weight excluding hydrogens is 280 g/mol. The molecule has 0 N–H and O–H groups in total. The van der Waals surface area contributed by atoms with E-state index < -0.39 is 0 Å². The lowest BCUT2D eigenvalue weighted by atomic mass is 10.0. The molecule has 2 nitrogen and oxygen atoms in total. The zero-order valence-corrected chi connectivity index (χ0v) is 13.2. The van der Waals surface area contributed by atoms with Crippen molar-refractivity contribution >= 4 is 21.8 Å². The molecule has 0 aliphatic heterocycles. The molecule has 0 saturated carbocycles. The fourth-order valence-electron chi connectivity index (χ4n) is 3.01. The van der Waals surface area contributed by atoms with Gasteiger partial charge in [-0.2, -0.15) is 0 Å². The highest BCUT2D eigenvalue weighted by atomic mass is 14.7.